The van der Waals surface area contributed by atoms with E-state index >= 15 is 0 Å². The molecule has 1 N–H and O–H groups in total. The van der Waals surface area contributed by atoms with E-state index in [1.165, 1.54) is 32.4 Å². The average Bonchev–Trinajstić information content (AvgIpc) is 2.40. The number of rotatable bonds is 3. The van der Waals surface area contributed by atoms with Gasteiger partial charge < -0.3 is 14.6 Å². The van der Waals surface area contributed by atoms with Crippen LogP contribution in [0.2, 0.25) is 0 Å². The molecule has 4 heteroatoms. The molecule has 0 spiro atoms. The van der Waals surface area contributed by atoms with Crippen molar-refractivity contribution in [2.45, 2.75) is 0 Å². The third-order valence-electron chi connectivity index (χ3n) is 2.62. The molecule has 0 radical (unpaired) electrons. The fraction of sp³-hybridized carbons (Fsp3) is 0.143. The molecule has 0 aromatic heterocycles. The predicted octanol–water partition coefficient (Wildman–Crippen LogP) is 3.22. The summed E-state index contributed by atoms with van der Waals surface area (Å²) in [5.74, 6) is 0.748. The van der Waals surface area contributed by atoms with E-state index in [1.807, 2.05) is 0 Å². The lowest BCUT2D eigenvalue weighted by Gasteiger charge is -2.10. The van der Waals surface area contributed by atoms with Gasteiger partial charge in [-0.25, -0.2) is 4.39 Å². The van der Waals surface area contributed by atoms with E-state index in [9.17, 15) is 9.50 Å². The van der Waals surface area contributed by atoms with Crippen LogP contribution in [0.4, 0.5) is 4.39 Å². The fourth-order valence-electron chi connectivity index (χ4n) is 1.70. The monoisotopic (exact) mass is 248 g/mol. The normalized spacial score (nSPS) is 10.2. The van der Waals surface area contributed by atoms with Gasteiger partial charge in [0.05, 0.1) is 14.2 Å². The van der Waals surface area contributed by atoms with Crippen molar-refractivity contribution < 1.29 is 19.0 Å². The zero-order chi connectivity index (χ0) is 13.1. The van der Waals surface area contributed by atoms with Crippen LogP contribution < -0.4 is 9.47 Å². The third-order valence-corrected chi connectivity index (χ3v) is 2.62. The van der Waals surface area contributed by atoms with Crippen LogP contribution in [-0.2, 0) is 0 Å². The van der Waals surface area contributed by atoms with Gasteiger partial charge in [-0.1, -0.05) is 0 Å². The van der Waals surface area contributed by atoms with Gasteiger partial charge in [0.15, 0.2) is 0 Å². The van der Waals surface area contributed by atoms with Crippen LogP contribution in [-0.4, -0.2) is 19.3 Å². The number of ether oxygens (including phenoxy) is 2. The van der Waals surface area contributed by atoms with Crippen LogP contribution in [0.1, 0.15) is 0 Å². The molecule has 0 fully saturated rings. The van der Waals surface area contributed by atoms with Crippen LogP contribution in [0, 0.1) is 5.82 Å². The molecule has 94 valence electrons. The van der Waals surface area contributed by atoms with Gasteiger partial charge in [0.2, 0.25) is 0 Å². The average molecular weight is 248 g/mol. The minimum atomic E-state index is -0.412. The molecule has 0 aliphatic carbocycles. The SMILES string of the molecule is COc1cc(OC)cc(-c2cc(F)ccc2O)c1. The summed E-state index contributed by atoms with van der Waals surface area (Å²) < 4.78 is 23.5. The summed E-state index contributed by atoms with van der Waals surface area (Å²) >= 11 is 0. The molecule has 2 aromatic carbocycles. The molecule has 0 aliphatic heterocycles. The molecule has 18 heavy (non-hydrogen) atoms. The van der Waals surface area contributed by atoms with Gasteiger partial charge in [-0.15, -0.1) is 0 Å². The Bertz CT molecular complexity index is 545. The number of halogens is 1. The highest BCUT2D eigenvalue weighted by molar-refractivity contribution is 5.72. The highest BCUT2D eigenvalue weighted by atomic mass is 19.1. The van der Waals surface area contributed by atoms with Crippen molar-refractivity contribution in [3.05, 3.63) is 42.2 Å². The van der Waals surface area contributed by atoms with Crippen LogP contribution >= 0.6 is 0 Å². The summed E-state index contributed by atoms with van der Waals surface area (Å²) in [6.07, 6.45) is 0. The predicted molar refractivity (Wildman–Crippen MR) is 66.6 cm³/mol. The van der Waals surface area contributed by atoms with Crippen molar-refractivity contribution in [2.75, 3.05) is 14.2 Å². The van der Waals surface area contributed by atoms with Crippen molar-refractivity contribution in [1.82, 2.24) is 0 Å². The van der Waals surface area contributed by atoms with Crippen molar-refractivity contribution in [3.8, 4) is 28.4 Å². The Morgan fingerprint density at radius 2 is 1.56 bits per heavy atom. The summed E-state index contributed by atoms with van der Waals surface area (Å²) in [5, 5.41) is 9.77. The molecule has 0 amide bonds. The Labute approximate surface area is 104 Å². The second-order valence-corrected chi connectivity index (χ2v) is 3.76. The van der Waals surface area contributed by atoms with Gasteiger partial charge in [-0.05, 0) is 35.9 Å². The van der Waals surface area contributed by atoms with Crippen molar-refractivity contribution in [2.24, 2.45) is 0 Å². The second kappa shape index (κ2) is 4.96. The van der Waals surface area contributed by atoms with Crippen LogP contribution in [0.25, 0.3) is 11.1 Å². The molecule has 0 saturated heterocycles. The van der Waals surface area contributed by atoms with Crippen molar-refractivity contribution in [3.63, 3.8) is 0 Å². The van der Waals surface area contributed by atoms with Crippen LogP contribution in [0.5, 0.6) is 17.2 Å². The van der Waals surface area contributed by atoms with E-state index < -0.39 is 5.82 Å². The van der Waals surface area contributed by atoms with E-state index in [1.54, 1.807) is 18.2 Å². The molecule has 2 aromatic rings. The number of phenols is 1. The maximum atomic E-state index is 13.2. The number of methoxy groups -OCH3 is 2. The summed E-state index contributed by atoms with van der Waals surface area (Å²) in [5.41, 5.74) is 1.02. The molecular weight excluding hydrogens is 235 g/mol. The first-order chi connectivity index (χ1) is 8.63. The summed E-state index contributed by atoms with van der Waals surface area (Å²) in [6, 6.07) is 8.91. The van der Waals surface area contributed by atoms with Gasteiger partial charge in [0.25, 0.3) is 0 Å². The van der Waals surface area contributed by atoms with Crippen molar-refractivity contribution in [1.29, 1.82) is 0 Å². The van der Waals surface area contributed by atoms with Gasteiger partial charge in [0, 0.05) is 11.6 Å². The Balaban J connectivity index is 2.58. The zero-order valence-electron chi connectivity index (χ0n) is 10.1. The summed E-state index contributed by atoms with van der Waals surface area (Å²) in [7, 11) is 3.06. The third kappa shape index (κ3) is 2.37. The van der Waals surface area contributed by atoms with Gasteiger partial charge in [0.1, 0.15) is 23.1 Å². The first kappa shape index (κ1) is 12.2. The zero-order valence-corrected chi connectivity index (χ0v) is 10.1. The quantitative estimate of drug-likeness (QED) is 0.906. The minimum absolute atomic E-state index is 0.00621. The van der Waals surface area contributed by atoms with E-state index in [4.69, 9.17) is 9.47 Å². The summed E-state index contributed by atoms with van der Waals surface area (Å²) in [4.78, 5) is 0. The Morgan fingerprint density at radius 1 is 0.944 bits per heavy atom. The maximum absolute atomic E-state index is 13.2. The molecule has 0 atom stereocenters. The topological polar surface area (TPSA) is 38.7 Å². The molecule has 0 unspecified atom stereocenters. The first-order valence-corrected chi connectivity index (χ1v) is 5.36. The molecule has 0 aliphatic rings. The number of hydrogen-bond acceptors (Lipinski definition) is 3. The van der Waals surface area contributed by atoms with Crippen LogP contribution in [0.3, 0.4) is 0 Å². The molecule has 2 rings (SSSR count). The fourth-order valence-corrected chi connectivity index (χ4v) is 1.70. The lowest BCUT2D eigenvalue weighted by Crippen LogP contribution is -1.89. The Kier molecular flexibility index (Phi) is 3.37. The number of aromatic hydroxyl groups is 1. The van der Waals surface area contributed by atoms with E-state index in [-0.39, 0.29) is 5.75 Å². The molecule has 0 saturated carbocycles. The largest absolute Gasteiger partial charge is 0.507 e. The standard InChI is InChI=1S/C14H13FO3/c1-17-11-5-9(6-12(8-11)18-2)13-7-10(15)3-4-14(13)16/h3-8,16H,1-2H3. The number of benzene rings is 2. The highest BCUT2D eigenvalue weighted by Crippen LogP contribution is 2.34. The summed E-state index contributed by atoms with van der Waals surface area (Å²) in [6.45, 7) is 0. The molecule has 0 heterocycles. The maximum Gasteiger partial charge on any atom is 0.124 e. The van der Waals surface area contributed by atoms with E-state index in [0.717, 1.165) is 0 Å². The number of hydrogen-bond donors (Lipinski definition) is 1. The molecule has 0 bridgehead atoms. The van der Waals surface area contributed by atoms with Crippen LogP contribution in [0.15, 0.2) is 36.4 Å². The second-order valence-electron chi connectivity index (χ2n) is 3.76. The lowest BCUT2D eigenvalue weighted by molar-refractivity contribution is 0.394. The van der Waals surface area contributed by atoms with E-state index in [0.29, 0.717) is 22.6 Å². The smallest absolute Gasteiger partial charge is 0.124 e. The van der Waals surface area contributed by atoms with Gasteiger partial charge in [-0.3, -0.25) is 0 Å². The number of phenolic OH excluding ortho intramolecular Hbond substituents is 1. The first-order valence-electron chi connectivity index (χ1n) is 5.36. The van der Waals surface area contributed by atoms with Crippen molar-refractivity contribution >= 4 is 0 Å². The minimum Gasteiger partial charge on any atom is -0.507 e. The molecule has 3 nitrogen and oxygen atoms in total. The van der Waals surface area contributed by atoms with E-state index in [2.05, 4.69) is 0 Å². The lowest BCUT2D eigenvalue weighted by atomic mass is 10.0. The Morgan fingerprint density at radius 3 is 2.11 bits per heavy atom. The van der Waals surface area contributed by atoms with Gasteiger partial charge in [-0.2, -0.15) is 0 Å². The van der Waals surface area contributed by atoms with Gasteiger partial charge >= 0.3 is 0 Å². The Hall–Kier alpha value is -2.23. The molecular formula is C14H13FO3. The highest BCUT2D eigenvalue weighted by Gasteiger charge is 2.09.